The van der Waals surface area contributed by atoms with Gasteiger partial charge in [0.2, 0.25) is 15.6 Å². The number of rotatable bonds is 11. The summed E-state index contributed by atoms with van der Waals surface area (Å²) in [6.45, 7) is 7.81. The lowest BCUT2D eigenvalue weighted by Crippen LogP contribution is -2.61. The lowest BCUT2D eigenvalue weighted by molar-refractivity contribution is -0.152. The zero-order valence-electron chi connectivity index (χ0n) is 26.7. The number of halogens is 3. The van der Waals surface area contributed by atoms with E-state index >= 15 is 0 Å². The van der Waals surface area contributed by atoms with Crippen LogP contribution in [-0.2, 0) is 23.9 Å². The van der Waals surface area contributed by atoms with Gasteiger partial charge in [0.25, 0.3) is 5.91 Å². The highest BCUT2D eigenvalue weighted by Gasteiger charge is 2.37. The van der Waals surface area contributed by atoms with Crippen molar-refractivity contribution in [3.8, 4) is 6.07 Å². The summed E-state index contributed by atoms with van der Waals surface area (Å²) < 4.78 is 3.24. The minimum Gasteiger partial charge on any atom is -0.460 e. The van der Waals surface area contributed by atoms with Gasteiger partial charge >= 0.3 is 5.97 Å². The minimum atomic E-state index is -1.78. The van der Waals surface area contributed by atoms with E-state index < -0.39 is 69.7 Å². The average molecular weight is 710 g/mol. The molecule has 1 aliphatic heterocycles. The van der Waals surface area contributed by atoms with Crippen molar-refractivity contribution in [2.45, 2.75) is 75.5 Å². The van der Waals surface area contributed by atoms with Gasteiger partial charge in [-0.3, -0.25) is 29.2 Å². The van der Waals surface area contributed by atoms with Crippen LogP contribution in [-0.4, -0.2) is 73.9 Å². The Labute approximate surface area is 288 Å². The van der Waals surface area contributed by atoms with Crippen molar-refractivity contribution in [2.75, 3.05) is 13.2 Å². The molecule has 0 bridgehead atoms. The van der Waals surface area contributed by atoms with Crippen LogP contribution in [0.15, 0.2) is 36.4 Å². The average Bonchev–Trinajstić information content (AvgIpc) is 3.03. The van der Waals surface area contributed by atoms with E-state index in [1.807, 2.05) is 24.3 Å². The molecular weight excluding hydrogens is 671 g/mol. The van der Waals surface area contributed by atoms with Gasteiger partial charge in [0.1, 0.15) is 24.7 Å². The molecular formula is C32H39Cl3N6O6. The second-order valence-corrected chi connectivity index (χ2v) is 14.5. The van der Waals surface area contributed by atoms with Crippen molar-refractivity contribution in [3.05, 3.63) is 47.7 Å². The van der Waals surface area contributed by atoms with Gasteiger partial charge < -0.3 is 20.5 Å². The monoisotopic (exact) mass is 708 g/mol. The number of hydrazine groups is 1. The van der Waals surface area contributed by atoms with Gasteiger partial charge in [0.05, 0.1) is 23.4 Å². The molecule has 0 saturated carbocycles. The second-order valence-electron chi connectivity index (χ2n) is 12.0. The summed E-state index contributed by atoms with van der Waals surface area (Å²) in [6.07, 6.45) is 3.20. The number of fused-ring (bicyclic) bond motifs is 1. The highest BCUT2D eigenvalue weighted by Crippen LogP contribution is 2.26. The summed E-state index contributed by atoms with van der Waals surface area (Å²) in [6, 6.07) is 8.10. The van der Waals surface area contributed by atoms with Crippen molar-refractivity contribution in [3.63, 3.8) is 0 Å². The highest BCUT2D eigenvalue weighted by atomic mass is 35.6. The summed E-state index contributed by atoms with van der Waals surface area (Å²) >= 11 is 16.9. The molecule has 12 nitrogen and oxygen atoms in total. The first kappa shape index (κ1) is 38.0. The molecule has 1 fully saturated rings. The molecule has 0 aliphatic carbocycles. The van der Waals surface area contributed by atoms with Crippen molar-refractivity contribution in [1.82, 2.24) is 26.1 Å². The largest absolute Gasteiger partial charge is 0.460 e. The number of aliphatic hydroxyl groups is 1. The number of aliphatic hydroxyl groups excluding tert-OH is 1. The molecule has 254 valence electrons. The van der Waals surface area contributed by atoms with Crippen LogP contribution >= 0.6 is 34.8 Å². The van der Waals surface area contributed by atoms with Gasteiger partial charge in [-0.15, -0.1) is 0 Å². The Balaban J connectivity index is 1.66. The zero-order chi connectivity index (χ0) is 35.1. The van der Waals surface area contributed by atoms with Crippen LogP contribution in [0.2, 0.25) is 0 Å². The lowest BCUT2D eigenvalue weighted by atomic mass is 9.89. The molecule has 1 unspecified atom stereocenters. The predicted molar refractivity (Wildman–Crippen MR) is 179 cm³/mol. The number of hydrogen-bond donors (Lipinski definition) is 4. The van der Waals surface area contributed by atoms with Crippen LogP contribution in [0.1, 0.15) is 64.8 Å². The Hall–Kier alpha value is -3.47. The van der Waals surface area contributed by atoms with Crippen LogP contribution in [0.4, 0.5) is 0 Å². The Morgan fingerprint density at radius 1 is 1.17 bits per heavy atom. The molecule has 2 aromatic rings. The normalized spacial score (nSPS) is 18.6. The van der Waals surface area contributed by atoms with Gasteiger partial charge in [0, 0.05) is 11.9 Å². The smallest absolute Gasteiger partial charge is 0.325 e. The summed E-state index contributed by atoms with van der Waals surface area (Å²) in [4.78, 5) is 56.7. The Kier molecular flexibility index (Phi) is 13.0. The molecule has 2 heterocycles. The van der Waals surface area contributed by atoms with Crippen LogP contribution in [0.25, 0.3) is 17.0 Å². The van der Waals surface area contributed by atoms with Gasteiger partial charge in [-0.1, -0.05) is 79.0 Å². The van der Waals surface area contributed by atoms with E-state index in [1.54, 1.807) is 39.0 Å². The molecule has 1 aromatic heterocycles. The van der Waals surface area contributed by atoms with Crippen LogP contribution in [0, 0.1) is 22.7 Å². The third-order valence-corrected chi connectivity index (χ3v) is 7.89. The van der Waals surface area contributed by atoms with Crippen molar-refractivity contribution >= 4 is 75.5 Å². The quantitative estimate of drug-likeness (QED) is 0.199. The van der Waals surface area contributed by atoms with Gasteiger partial charge in [-0.2, -0.15) is 5.26 Å². The van der Waals surface area contributed by atoms with Crippen LogP contribution < -0.4 is 16.1 Å². The highest BCUT2D eigenvalue weighted by molar-refractivity contribution is 6.67. The summed E-state index contributed by atoms with van der Waals surface area (Å²) in [5, 5.41) is 27.2. The standard InChI is InChI=1S/C32H39Cl3N6O6/c1-18(2)26(27(43)37-19(3)28(44)41-14-6-7-24(40-41)29(45)47-17-32(33,34)35)39-30(46)31(5,16-36)13-12-21-8-9-22-10-11-23(20(4)42)38-25(22)15-21/h8-13,15,18-20,24,26,40,42H,6-7,14,17H2,1-5H3,(H,37,43)(H,39,46)/b13-12+/t19-,20+,24-,26-,31?/m0/s1. The second kappa shape index (κ2) is 16.1. The number of aromatic nitrogens is 1. The molecule has 3 amide bonds. The van der Waals surface area contributed by atoms with E-state index in [1.165, 1.54) is 24.9 Å². The zero-order valence-corrected chi connectivity index (χ0v) is 29.0. The minimum absolute atomic E-state index is 0.277. The van der Waals surface area contributed by atoms with E-state index in [0.717, 1.165) is 5.39 Å². The molecule has 3 rings (SSSR count). The molecule has 4 N–H and O–H groups in total. The molecule has 0 radical (unpaired) electrons. The first-order valence-corrected chi connectivity index (χ1v) is 16.2. The molecule has 1 aliphatic rings. The van der Waals surface area contributed by atoms with E-state index in [9.17, 15) is 29.5 Å². The van der Waals surface area contributed by atoms with Crippen LogP contribution in [0.3, 0.4) is 0 Å². The number of alkyl halides is 3. The molecule has 1 saturated heterocycles. The molecule has 1 aromatic carbocycles. The fourth-order valence-corrected chi connectivity index (χ4v) is 4.87. The summed E-state index contributed by atoms with van der Waals surface area (Å²) in [7, 11) is 0. The van der Waals surface area contributed by atoms with Crippen molar-refractivity contribution < 1.29 is 29.0 Å². The number of nitriles is 1. The molecule has 15 heteroatoms. The first-order chi connectivity index (χ1) is 21.9. The van der Waals surface area contributed by atoms with Crippen molar-refractivity contribution in [1.29, 1.82) is 5.26 Å². The third-order valence-electron chi connectivity index (χ3n) is 7.56. The number of benzene rings is 1. The first-order valence-electron chi connectivity index (χ1n) is 15.1. The van der Waals surface area contributed by atoms with Gasteiger partial charge in [0.15, 0.2) is 5.41 Å². The number of esters is 1. The molecule has 0 spiro atoms. The Bertz CT molecular complexity index is 1560. The van der Waals surface area contributed by atoms with Crippen molar-refractivity contribution in [2.24, 2.45) is 11.3 Å². The number of nitrogens with zero attached hydrogens (tertiary/aromatic N) is 3. The number of pyridine rings is 1. The number of amides is 3. The van der Waals surface area contributed by atoms with E-state index in [-0.39, 0.29) is 6.54 Å². The molecule has 5 atom stereocenters. The maximum atomic E-state index is 13.4. The van der Waals surface area contributed by atoms with Gasteiger partial charge in [-0.25, -0.2) is 5.43 Å². The Morgan fingerprint density at radius 3 is 2.47 bits per heavy atom. The van der Waals surface area contributed by atoms with Gasteiger partial charge in [-0.05, 0) is 57.2 Å². The van der Waals surface area contributed by atoms with Crippen LogP contribution in [0.5, 0.6) is 0 Å². The number of hydrogen-bond acceptors (Lipinski definition) is 9. The maximum absolute atomic E-state index is 13.4. The predicted octanol–water partition coefficient (Wildman–Crippen LogP) is 3.89. The fraction of sp³-hybridized carbons (Fsp3) is 0.500. The number of carbonyl (C=O) groups excluding carboxylic acids is 4. The summed E-state index contributed by atoms with van der Waals surface area (Å²) in [5.74, 6) is -2.92. The summed E-state index contributed by atoms with van der Waals surface area (Å²) in [5.41, 5.74) is 3.00. The third kappa shape index (κ3) is 10.5. The number of ether oxygens (including phenoxy) is 1. The Morgan fingerprint density at radius 2 is 1.85 bits per heavy atom. The van der Waals surface area contributed by atoms with E-state index in [2.05, 4.69) is 21.0 Å². The topological polar surface area (TPSA) is 174 Å². The van der Waals surface area contributed by atoms with E-state index in [0.29, 0.717) is 29.6 Å². The molecule has 47 heavy (non-hydrogen) atoms. The lowest BCUT2D eigenvalue weighted by Gasteiger charge is -2.35. The fourth-order valence-electron chi connectivity index (χ4n) is 4.71. The van der Waals surface area contributed by atoms with E-state index in [4.69, 9.17) is 39.5 Å². The SMILES string of the molecule is CC(C)[C@H](NC(=O)C(C)(C#N)/C=C/c1ccc2ccc([C@@H](C)O)nc2c1)C(=O)N[C@@H](C)C(=O)N1CCC[C@@H](C(=O)OCC(Cl)(Cl)Cl)N1. The number of nitrogens with one attached hydrogen (secondary N) is 3. The number of carbonyl (C=O) groups is 4. The maximum Gasteiger partial charge on any atom is 0.325 e.